The summed E-state index contributed by atoms with van der Waals surface area (Å²) in [5, 5.41) is 5.41. The molecule has 0 spiro atoms. The van der Waals surface area contributed by atoms with Gasteiger partial charge in [0.05, 0.1) is 13.3 Å². The van der Waals surface area contributed by atoms with Crippen molar-refractivity contribution in [3.63, 3.8) is 0 Å². The van der Waals surface area contributed by atoms with Gasteiger partial charge in [0, 0.05) is 30.1 Å². The van der Waals surface area contributed by atoms with Gasteiger partial charge in [-0.2, -0.15) is 0 Å². The van der Waals surface area contributed by atoms with Crippen LogP contribution in [-0.2, 0) is 16.1 Å². The number of carbonyl (C=O) groups is 2. The number of carbonyl (C=O) groups excluding carboxylic acids is 2. The SMILES string of the molecule is COc1cn(CC(=O)Nc2cccc(NC(C)=O)c2)c(C)cc1=O. The van der Waals surface area contributed by atoms with Gasteiger partial charge < -0.3 is 19.9 Å². The van der Waals surface area contributed by atoms with Gasteiger partial charge in [0.25, 0.3) is 0 Å². The number of amides is 2. The Kier molecular flexibility index (Phi) is 5.36. The quantitative estimate of drug-likeness (QED) is 0.875. The van der Waals surface area contributed by atoms with Crippen LogP contribution in [0.15, 0.2) is 41.3 Å². The number of ether oxygens (including phenoxy) is 1. The number of methoxy groups -OCH3 is 1. The minimum Gasteiger partial charge on any atom is -0.491 e. The molecular formula is C17H19N3O4. The third-order valence-electron chi connectivity index (χ3n) is 3.31. The summed E-state index contributed by atoms with van der Waals surface area (Å²) in [7, 11) is 1.41. The molecule has 2 amide bonds. The second-order valence-electron chi connectivity index (χ2n) is 5.29. The molecule has 0 radical (unpaired) electrons. The number of benzene rings is 1. The minimum atomic E-state index is -0.260. The van der Waals surface area contributed by atoms with Gasteiger partial charge in [-0.15, -0.1) is 0 Å². The number of hydrogen-bond acceptors (Lipinski definition) is 4. The molecule has 0 bridgehead atoms. The van der Waals surface area contributed by atoms with Crippen molar-refractivity contribution in [1.29, 1.82) is 0 Å². The largest absolute Gasteiger partial charge is 0.491 e. The van der Waals surface area contributed by atoms with E-state index in [2.05, 4.69) is 10.6 Å². The molecule has 2 N–H and O–H groups in total. The lowest BCUT2D eigenvalue weighted by atomic mass is 10.2. The fourth-order valence-electron chi connectivity index (χ4n) is 2.21. The number of rotatable bonds is 5. The Morgan fingerprint density at radius 3 is 2.46 bits per heavy atom. The van der Waals surface area contributed by atoms with E-state index in [9.17, 15) is 14.4 Å². The number of aromatic nitrogens is 1. The first-order valence-electron chi connectivity index (χ1n) is 7.31. The minimum absolute atomic E-state index is 0.0346. The zero-order valence-corrected chi connectivity index (χ0v) is 13.8. The van der Waals surface area contributed by atoms with E-state index in [1.54, 1.807) is 35.8 Å². The van der Waals surface area contributed by atoms with Crippen molar-refractivity contribution in [2.75, 3.05) is 17.7 Å². The van der Waals surface area contributed by atoms with Gasteiger partial charge in [-0.3, -0.25) is 14.4 Å². The van der Waals surface area contributed by atoms with Crippen LogP contribution in [0.25, 0.3) is 0 Å². The fourth-order valence-corrected chi connectivity index (χ4v) is 2.21. The number of anilines is 2. The Hall–Kier alpha value is -3.09. The molecule has 2 aromatic rings. The molecule has 0 aliphatic heterocycles. The molecule has 0 atom stereocenters. The summed E-state index contributed by atoms with van der Waals surface area (Å²) in [6.45, 7) is 3.19. The zero-order valence-electron chi connectivity index (χ0n) is 13.8. The molecule has 7 nitrogen and oxygen atoms in total. The van der Waals surface area contributed by atoms with Crippen molar-refractivity contribution in [2.24, 2.45) is 0 Å². The van der Waals surface area contributed by atoms with Crippen LogP contribution in [0, 0.1) is 6.92 Å². The molecular weight excluding hydrogens is 310 g/mol. The Morgan fingerprint density at radius 2 is 1.83 bits per heavy atom. The number of hydrogen-bond donors (Lipinski definition) is 2. The van der Waals surface area contributed by atoms with Crippen molar-refractivity contribution in [3.8, 4) is 5.75 Å². The molecule has 24 heavy (non-hydrogen) atoms. The first kappa shape index (κ1) is 17.3. The average Bonchev–Trinajstić information content (AvgIpc) is 2.49. The lowest BCUT2D eigenvalue weighted by Gasteiger charge is -2.13. The second kappa shape index (κ2) is 7.45. The standard InChI is InChI=1S/C17H19N3O4/c1-11-7-15(22)16(24-3)9-20(11)10-17(23)19-14-6-4-5-13(8-14)18-12(2)21/h4-9H,10H2,1-3H3,(H,18,21)(H,19,23). The highest BCUT2D eigenvalue weighted by Gasteiger charge is 2.09. The molecule has 126 valence electrons. The van der Waals surface area contributed by atoms with Crippen LogP contribution in [0.5, 0.6) is 5.75 Å². The third-order valence-corrected chi connectivity index (χ3v) is 3.31. The summed E-state index contributed by atoms with van der Waals surface area (Å²) in [6, 6.07) is 8.27. The van der Waals surface area contributed by atoms with Gasteiger partial charge in [0.15, 0.2) is 5.75 Å². The summed E-state index contributed by atoms with van der Waals surface area (Å²) in [4.78, 5) is 34.9. The number of aryl methyl sites for hydroxylation is 1. The molecule has 1 heterocycles. The molecule has 0 aliphatic rings. The predicted molar refractivity (Wildman–Crippen MR) is 91.4 cm³/mol. The third kappa shape index (κ3) is 4.45. The van der Waals surface area contributed by atoms with Gasteiger partial charge in [-0.25, -0.2) is 0 Å². The summed E-state index contributed by atoms with van der Waals surface area (Å²) in [5.74, 6) is -0.265. The smallest absolute Gasteiger partial charge is 0.244 e. The summed E-state index contributed by atoms with van der Waals surface area (Å²) in [5.41, 5.74) is 1.59. The summed E-state index contributed by atoms with van der Waals surface area (Å²) < 4.78 is 6.62. The van der Waals surface area contributed by atoms with E-state index in [-0.39, 0.29) is 29.5 Å². The second-order valence-corrected chi connectivity index (χ2v) is 5.29. The van der Waals surface area contributed by atoms with E-state index >= 15 is 0 Å². The maximum Gasteiger partial charge on any atom is 0.244 e. The lowest BCUT2D eigenvalue weighted by molar-refractivity contribution is -0.117. The van der Waals surface area contributed by atoms with Crippen LogP contribution in [0.3, 0.4) is 0 Å². The van der Waals surface area contributed by atoms with E-state index in [0.717, 1.165) is 0 Å². The van der Waals surface area contributed by atoms with Crippen LogP contribution >= 0.6 is 0 Å². The van der Waals surface area contributed by atoms with Gasteiger partial charge in [-0.05, 0) is 25.1 Å². The Balaban J connectivity index is 2.11. The molecule has 0 aliphatic carbocycles. The highest BCUT2D eigenvalue weighted by atomic mass is 16.5. The first-order valence-corrected chi connectivity index (χ1v) is 7.31. The van der Waals surface area contributed by atoms with E-state index in [1.807, 2.05) is 0 Å². The molecule has 1 aromatic heterocycles. The Bertz CT molecular complexity index is 827. The molecule has 7 heteroatoms. The molecule has 2 rings (SSSR count). The van der Waals surface area contributed by atoms with Crippen LogP contribution < -0.4 is 20.8 Å². The summed E-state index contributed by atoms with van der Waals surface area (Å²) >= 11 is 0. The molecule has 1 aromatic carbocycles. The lowest BCUT2D eigenvalue weighted by Crippen LogP contribution is -2.22. The molecule has 0 unspecified atom stereocenters. The monoisotopic (exact) mass is 329 g/mol. The predicted octanol–water partition coefficient (Wildman–Crippen LogP) is 1.76. The van der Waals surface area contributed by atoms with Crippen LogP contribution in [0.2, 0.25) is 0 Å². The molecule has 0 fully saturated rings. The van der Waals surface area contributed by atoms with E-state index in [4.69, 9.17) is 4.74 Å². The van der Waals surface area contributed by atoms with E-state index in [0.29, 0.717) is 17.1 Å². The first-order chi connectivity index (χ1) is 11.4. The Morgan fingerprint density at radius 1 is 1.17 bits per heavy atom. The van der Waals surface area contributed by atoms with Gasteiger partial charge >= 0.3 is 0 Å². The van der Waals surface area contributed by atoms with Crippen molar-refractivity contribution >= 4 is 23.2 Å². The van der Waals surface area contributed by atoms with Gasteiger partial charge in [0.1, 0.15) is 6.54 Å². The van der Waals surface area contributed by atoms with Crippen molar-refractivity contribution in [1.82, 2.24) is 4.57 Å². The number of nitrogens with zero attached hydrogens (tertiary/aromatic N) is 1. The van der Waals surface area contributed by atoms with E-state index < -0.39 is 0 Å². The van der Waals surface area contributed by atoms with Crippen molar-refractivity contribution < 1.29 is 14.3 Å². The normalized spacial score (nSPS) is 10.1. The summed E-state index contributed by atoms with van der Waals surface area (Å²) in [6.07, 6.45) is 1.50. The highest BCUT2D eigenvalue weighted by molar-refractivity contribution is 5.93. The highest BCUT2D eigenvalue weighted by Crippen LogP contribution is 2.15. The molecule has 0 saturated heterocycles. The molecule has 0 saturated carbocycles. The van der Waals surface area contributed by atoms with E-state index in [1.165, 1.54) is 26.3 Å². The van der Waals surface area contributed by atoms with Gasteiger partial charge in [0.2, 0.25) is 17.2 Å². The van der Waals surface area contributed by atoms with Crippen LogP contribution in [-0.4, -0.2) is 23.5 Å². The maximum atomic E-state index is 12.2. The van der Waals surface area contributed by atoms with Crippen molar-refractivity contribution in [3.05, 3.63) is 52.4 Å². The van der Waals surface area contributed by atoms with Gasteiger partial charge in [-0.1, -0.05) is 6.07 Å². The average molecular weight is 329 g/mol. The van der Waals surface area contributed by atoms with Crippen molar-refractivity contribution in [2.45, 2.75) is 20.4 Å². The fraction of sp³-hybridized carbons (Fsp3) is 0.235. The number of pyridine rings is 1. The van der Waals surface area contributed by atoms with Crippen LogP contribution in [0.4, 0.5) is 11.4 Å². The Labute approximate surface area is 139 Å². The number of nitrogens with one attached hydrogen (secondary N) is 2. The topological polar surface area (TPSA) is 89.4 Å². The maximum absolute atomic E-state index is 12.2. The zero-order chi connectivity index (χ0) is 17.7. The van der Waals surface area contributed by atoms with Crippen LogP contribution in [0.1, 0.15) is 12.6 Å².